The van der Waals surface area contributed by atoms with Gasteiger partial charge in [0.25, 0.3) is 0 Å². The first-order valence-electron chi connectivity index (χ1n) is 9.65. The fraction of sp³-hybridized carbons (Fsp3) is 0.174. The number of rotatable bonds is 5. The summed E-state index contributed by atoms with van der Waals surface area (Å²) in [6.45, 7) is 1.71. The number of aromatic carboxylic acids is 1. The van der Waals surface area contributed by atoms with E-state index < -0.39 is 17.3 Å². The minimum absolute atomic E-state index is 0.115. The monoisotopic (exact) mass is 420 g/mol. The predicted molar refractivity (Wildman–Crippen MR) is 117 cm³/mol. The van der Waals surface area contributed by atoms with Crippen LogP contribution in [0.1, 0.15) is 21.6 Å². The number of carboxylic acids is 1. The first-order chi connectivity index (χ1) is 14.8. The Morgan fingerprint density at radius 2 is 1.81 bits per heavy atom. The lowest BCUT2D eigenvalue weighted by atomic mass is 10.1. The highest BCUT2D eigenvalue weighted by Gasteiger charge is 2.19. The van der Waals surface area contributed by atoms with E-state index in [9.17, 15) is 19.1 Å². The molecule has 2 aromatic carbocycles. The quantitative estimate of drug-likeness (QED) is 0.535. The maximum Gasteiger partial charge on any atom is 0.338 e. The van der Waals surface area contributed by atoms with Gasteiger partial charge >= 0.3 is 11.7 Å². The third-order valence-electron chi connectivity index (χ3n) is 5.18. The SMILES string of the molecule is Cc1ccc2c(n1)n(-c1ccc(N(C)C)cc1)c(=O)n2Cc1cccc(C(=O)O)c1F. The fourth-order valence-electron chi connectivity index (χ4n) is 3.55. The van der Waals surface area contributed by atoms with Gasteiger partial charge < -0.3 is 10.0 Å². The van der Waals surface area contributed by atoms with Crippen molar-refractivity contribution >= 4 is 22.8 Å². The first kappa shape index (κ1) is 20.3. The summed E-state index contributed by atoms with van der Waals surface area (Å²) < 4.78 is 17.6. The number of benzene rings is 2. The largest absolute Gasteiger partial charge is 0.478 e. The van der Waals surface area contributed by atoms with E-state index >= 15 is 0 Å². The normalized spacial score (nSPS) is 11.1. The fourth-order valence-corrected chi connectivity index (χ4v) is 3.55. The standard InChI is InChI=1S/C23H21FN4O3/c1-14-7-12-19-21(25-14)28(17-10-8-16(9-11-17)26(2)3)23(31)27(19)13-15-5-4-6-18(20(15)24)22(29)30/h4-12H,13H2,1-3H3,(H,29,30). The molecule has 0 aliphatic carbocycles. The molecule has 0 fully saturated rings. The number of hydrogen-bond acceptors (Lipinski definition) is 4. The van der Waals surface area contributed by atoms with Crippen molar-refractivity contribution in [2.45, 2.75) is 13.5 Å². The number of pyridine rings is 1. The lowest BCUT2D eigenvalue weighted by molar-refractivity contribution is 0.0691. The zero-order valence-corrected chi connectivity index (χ0v) is 17.3. The third-order valence-corrected chi connectivity index (χ3v) is 5.18. The summed E-state index contributed by atoms with van der Waals surface area (Å²) in [5, 5.41) is 9.20. The van der Waals surface area contributed by atoms with Gasteiger partial charge in [0, 0.05) is 31.0 Å². The summed E-state index contributed by atoms with van der Waals surface area (Å²) >= 11 is 0. The molecule has 158 valence electrons. The number of nitrogens with zero attached hydrogens (tertiary/aromatic N) is 4. The number of anilines is 1. The number of fused-ring (bicyclic) bond motifs is 1. The van der Waals surface area contributed by atoms with Crippen LogP contribution in [0.25, 0.3) is 16.9 Å². The lowest BCUT2D eigenvalue weighted by Crippen LogP contribution is -2.24. The van der Waals surface area contributed by atoms with E-state index in [1.54, 1.807) is 12.1 Å². The van der Waals surface area contributed by atoms with Crippen molar-refractivity contribution < 1.29 is 14.3 Å². The summed E-state index contributed by atoms with van der Waals surface area (Å²) in [6, 6.07) is 15.1. The van der Waals surface area contributed by atoms with E-state index in [0.29, 0.717) is 16.9 Å². The van der Waals surface area contributed by atoms with E-state index in [4.69, 9.17) is 0 Å². The minimum Gasteiger partial charge on any atom is -0.478 e. The molecule has 0 spiro atoms. The molecule has 0 aliphatic heterocycles. The highest BCUT2D eigenvalue weighted by molar-refractivity contribution is 5.88. The van der Waals surface area contributed by atoms with Crippen LogP contribution in [0.4, 0.5) is 10.1 Å². The van der Waals surface area contributed by atoms with Crippen LogP contribution in [-0.4, -0.2) is 39.3 Å². The second kappa shape index (κ2) is 7.71. The molecular formula is C23H21FN4O3. The van der Waals surface area contributed by atoms with Crippen molar-refractivity contribution in [2.75, 3.05) is 19.0 Å². The highest BCUT2D eigenvalue weighted by atomic mass is 19.1. The third kappa shape index (κ3) is 3.56. The van der Waals surface area contributed by atoms with Gasteiger partial charge in [-0.1, -0.05) is 12.1 Å². The number of halogens is 1. The Labute approximate surface area is 177 Å². The molecule has 0 saturated heterocycles. The Kier molecular flexibility index (Phi) is 5.06. The van der Waals surface area contributed by atoms with E-state index in [2.05, 4.69) is 4.98 Å². The zero-order valence-electron chi connectivity index (χ0n) is 17.3. The van der Waals surface area contributed by atoms with Crippen LogP contribution in [0, 0.1) is 12.7 Å². The van der Waals surface area contributed by atoms with E-state index in [1.165, 1.54) is 27.3 Å². The Hall–Kier alpha value is -3.94. The minimum atomic E-state index is -1.35. The summed E-state index contributed by atoms with van der Waals surface area (Å²) in [7, 11) is 3.86. The van der Waals surface area contributed by atoms with Crippen LogP contribution in [0.15, 0.2) is 59.4 Å². The zero-order chi connectivity index (χ0) is 22.3. The smallest absolute Gasteiger partial charge is 0.338 e. The maximum atomic E-state index is 14.7. The Morgan fingerprint density at radius 1 is 1.10 bits per heavy atom. The van der Waals surface area contributed by atoms with Crippen molar-refractivity contribution in [3.8, 4) is 5.69 Å². The number of aromatic nitrogens is 3. The lowest BCUT2D eigenvalue weighted by Gasteiger charge is -2.12. The van der Waals surface area contributed by atoms with Crippen LogP contribution in [-0.2, 0) is 6.54 Å². The molecule has 0 saturated carbocycles. The first-order valence-corrected chi connectivity index (χ1v) is 9.65. The average Bonchev–Trinajstić information content (AvgIpc) is 3.00. The summed E-state index contributed by atoms with van der Waals surface area (Å²) in [4.78, 5) is 31.2. The predicted octanol–water partition coefficient (Wildman–Crippen LogP) is 3.45. The molecule has 0 unspecified atom stereocenters. The molecule has 2 aromatic heterocycles. The van der Waals surface area contributed by atoms with E-state index in [-0.39, 0.29) is 17.8 Å². The van der Waals surface area contributed by atoms with Crippen molar-refractivity contribution in [1.82, 2.24) is 14.1 Å². The highest BCUT2D eigenvalue weighted by Crippen LogP contribution is 2.21. The topological polar surface area (TPSA) is 80.4 Å². The van der Waals surface area contributed by atoms with Crippen LogP contribution in [0.3, 0.4) is 0 Å². The summed E-state index contributed by atoms with van der Waals surface area (Å²) in [5.74, 6) is -2.20. The van der Waals surface area contributed by atoms with Crippen LogP contribution >= 0.6 is 0 Å². The molecule has 4 aromatic rings. The molecule has 0 bridgehead atoms. The molecule has 0 aliphatic rings. The van der Waals surface area contributed by atoms with Gasteiger partial charge in [0.2, 0.25) is 0 Å². The Bertz CT molecular complexity index is 1350. The Balaban J connectivity index is 1.90. The summed E-state index contributed by atoms with van der Waals surface area (Å²) in [5.41, 5.74) is 2.65. The van der Waals surface area contributed by atoms with E-state index in [1.807, 2.05) is 50.2 Å². The van der Waals surface area contributed by atoms with Crippen LogP contribution in [0.5, 0.6) is 0 Å². The molecular weight excluding hydrogens is 399 g/mol. The van der Waals surface area contributed by atoms with Crippen molar-refractivity contribution in [3.63, 3.8) is 0 Å². The molecule has 4 rings (SSSR count). The van der Waals surface area contributed by atoms with Gasteiger partial charge in [-0.2, -0.15) is 0 Å². The number of carboxylic acid groups (broad SMARTS) is 1. The molecule has 7 nitrogen and oxygen atoms in total. The van der Waals surface area contributed by atoms with Gasteiger partial charge in [-0.05, 0) is 49.4 Å². The average molecular weight is 420 g/mol. The number of carbonyl (C=O) groups is 1. The maximum absolute atomic E-state index is 14.7. The van der Waals surface area contributed by atoms with Gasteiger partial charge in [0.15, 0.2) is 5.65 Å². The molecule has 31 heavy (non-hydrogen) atoms. The molecule has 1 N–H and O–H groups in total. The summed E-state index contributed by atoms with van der Waals surface area (Å²) in [6.07, 6.45) is 0. The second-order valence-corrected chi connectivity index (χ2v) is 7.49. The van der Waals surface area contributed by atoms with Crippen molar-refractivity contribution in [2.24, 2.45) is 0 Å². The number of aryl methyl sites for hydroxylation is 1. The van der Waals surface area contributed by atoms with E-state index in [0.717, 1.165) is 11.4 Å². The van der Waals surface area contributed by atoms with Gasteiger partial charge in [0.05, 0.1) is 23.3 Å². The van der Waals surface area contributed by atoms with Crippen molar-refractivity contribution in [1.29, 1.82) is 0 Å². The van der Waals surface area contributed by atoms with Gasteiger partial charge in [-0.3, -0.25) is 4.57 Å². The second-order valence-electron chi connectivity index (χ2n) is 7.49. The van der Waals surface area contributed by atoms with Crippen molar-refractivity contribution in [3.05, 3.63) is 87.7 Å². The molecule has 2 heterocycles. The van der Waals surface area contributed by atoms with Gasteiger partial charge in [-0.25, -0.2) is 23.5 Å². The number of imidazole rings is 1. The van der Waals surface area contributed by atoms with Crippen LogP contribution in [0.2, 0.25) is 0 Å². The Morgan fingerprint density at radius 3 is 2.45 bits per heavy atom. The number of hydrogen-bond donors (Lipinski definition) is 1. The molecule has 0 atom stereocenters. The molecule has 8 heteroatoms. The van der Waals surface area contributed by atoms with Gasteiger partial charge in [-0.15, -0.1) is 0 Å². The van der Waals surface area contributed by atoms with Gasteiger partial charge in [0.1, 0.15) is 5.82 Å². The molecule has 0 amide bonds. The van der Waals surface area contributed by atoms with Crippen LogP contribution < -0.4 is 10.6 Å². The molecule has 0 radical (unpaired) electrons.